The Morgan fingerprint density at radius 2 is 1.06 bits per heavy atom. The van der Waals surface area contributed by atoms with Gasteiger partial charge in [-0.3, -0.25) is 0 Å². The average Bonchev–Trinajstić information content (AvgIpc) is 2.84. The number of nitrogen functional groups attached to an aromatic ring is 1. The van der Waals surface area contributed by atoms with Crippen LogP contribution in [0.25, 0.3) is 0 Å². The second-order valence-corrected chi connectivity index (χ2v) is 9.84. The highest BCUT2D eigenvalue weighted by atomic mass is 16.3. The van der Waals surface area contributed by atoms with Gasteiger partial charge in [0, 0.05) is 16.4 Å². The number of nitrogens with two attached hydrogens (primary N) is 3. The van der Waals surface area contributed by atoms with E-state index in [1.165, 1.54) is 5.56 Å². The number of aromatic hydroxyl groups is 1. The first-order valence-electron chi connectivity index (χ1n) is 11.7. The lowest BCUT2D eigenvalue weighted by Crippen LogP contribution is -2.23. The van der Waals surface area contributed by atoms with E-state index in [4.69, 9.17) is 17.2 Å². The van der Waals surface area contributed by atoms with Crippen LogP contribution < -0.4 is 17.2 Å². The van der Waals surface area contributed by atoms with Gasteiger partial charge in [-0.25, -0.2) is 0 Å². The van der Waals surface area contributed by atoms with Crippen molar-refractivity contribution in [1.29, 1.82) is 0 Å². The Labute approximate surface area is 203 Å². The Hall–Kier alpha value is -3.66. The number of phenolic OH excluding ortho intramolecular Hbond substituents is 1. The summed E-state index contributed by atoms with van der Waals surface area (Å²) in [6, 6.07) is 24.6. The molecule has 34 heavy (non-hydrogen) atoms. The van der Waals surface area contributed by atoms with E-state index >= 15 is 0 Å². The summed E-state index contributed by atoms with van der Waals surface area (Å²) in [5, 5.41) is 10.7. The molecule has 7 N–H and O–H groups in total. The van der Waals surface area contributed by atoms with Gasteiger partial charge in [0.1, 0.15) is 5.75 Å². The maximum absolute atomic E-state index is 10.7. The lowest BCUT2D eigenvalue weighted by molar-refractivity contribution is 0.454. The monoisotopic (exact) mass is 455 g/mol. The standard InChI is InChI=1S/C24H27NO.C6H10N2/c1-23(2,17-11-7-5-8-12-17)19-15-20(22(26)21(25)16-19)24(3,4)18-13-9-6-10-14-18;7-5-3-1-2-4-6(5)8/h5-16,26H,25H2,1-4H3;3-4H,1-2,7-8H2. The molecule has 3 aromatic rings. The van der Waals surface area contributed by atoms with Crippen LogP contribution in [-0.4, -0.2) is 5.11 Å². The highest BCUT2D eigenvalue weighted by Gasteiger charge is 2.31. The summed E-state index contributed by atoms with van der Waals surface area (Å²) in [4.78, 5) is 0. The third-order valence-corrected chi connectivity index (χ3v) is 6.75. The molecule has 1 aliphatic carbocycles. The molecule has 0 atom stereocenters. The van der Waals surface area contributed by atoms with Crippen molar-refractivity contribution < 1.29 is 5.11 Å². The van der Waals surface area contributed by atoms with E-state index in [0.717, 1.165) is 40.9 Å². The zero-order chi connectivity index (χ0) is 24.9. The molecule has 0 aromatic heterocycles. The molecule has 0 saturated carbocycles. The summed E-state index contributed by atoms with van der Waals surface area (Å²) >= 11 is 0. The predicted molar refractivity (Wildman–Crippen MR) is 143 cm³/mol. The summed E-state index contributed by atoms with van der Waals surface area (Å²) in [7, 11) is 0. The van der Waals surface area contributed by atoms with Gasteiger partial charge in [-0.05, 0) is 35.6 Å². The Balaban J connectivity index is 0.000000343. The maximum Gasteiger partial charge on any atom is 0.142 e. The maximum atomic E-state index is 10.7. The van der Waals surface area contributed by atoms with Crippen LogP contribution in [0.4, 0.5) is 5.69 Å². The van der Waals surface area contributed by atoms with Gasteiger partial charge < -0.3 is 22.3 Å². The average molecular weight is 456 g/mol. The van der Waals surface area contributed by atoms with Crippen LogP contribution in [-0.2, 0) is 10.8 Å². The molecular weight excluding hydrogens is 418 g/mol. The second kappa shape index (κ2) is 10.1. The van der Waals surface area contributed by atoms with E-state index in [0.29, 0.717) is 5.69 Å². The highest BCUT2D eigenvalue weighted by Crippen LogP contribution is 2.43. The lowest BCUT2D eigenvalue weighted by Gasteiger charge is -2.32. The van der Waals surface area contributed by atoms with Gasteiger partial charge in [0.25, 0.3) is 0 Å². The van der Waals surface area contributed by atoms with Gasteiger partial charge in [0.05, 0.1) is 17.1 Å². The minimum atomic E-state index is -0.359. The van der Waals surface area contributed by atoms with Crippen LogP contribution in [0.15, 0.2) is 96.3 Å². The largest absolute Gasteiger partial charge is 0.505 e. The molecule has 4 heteroatoms. The quantitative estimate of drug-likeness (QED) is 0.282. The summed E-state index contributed by atoms with van der Waals surface area (Å²) in [6.45, 7) is 8.62. The van der Waals surface area contributed by atoms with Gasteiger partial charge in [0.15, 0.2) is 0 Å². The molecule has 0 unspecified atom stereocenters. The van der Waals surface area contributed by atoms with Crippen molar-refractivity contribution in [1.82, 2.24) is 0 Å². The topological polar surface area (TPSA) is 98.3 Å². The molecule has 0 amide bonds. The van der Waals surface area contributed by atoms with Crippen LogP contribution in [0.5, 0.6) is 5.75 Å². The Morgan fingerprint density at radius 1 is 0.618 bits per heavy atom. The van der Waals surface area contributed by atoms with Gasteiger partial charge in [-0.1, -0.05) is 107 Å². The molecule has 178 valence electrons. The first kappa shape index (κ1) is 25.0. The fourth-order valence-electron chi connectivity index (χ4n) is 4.24. The number of hydrogen-bond acceptors (Lipinski definition) is 4. The van der Waals surface area contributed by atoms with Crippen molar-refractivity contribution in [2.45, 2.75) is 51.4 Å². The van der Waals surface area contributed by atoms with Crippen molar-refractivity contribution in [2.75, 3.05) is 5.73 Å². The minimum absolute atomic E-state index is 0.173. The van der Waals surface area contributed by atoms with Gasteiger partial charge in [-0.2, -0.15) is 0 Å². The number of rotatable bonds is 4. The Kier molecular flexibility index (Phi) is 7.41. The van der Waals surface area contributed by atoms with Gasteiger partial charge >= 0.3 is 0 Å². The molecule has 1 aliphatic rings. The van der Waals surface area contributed by atoms with Crippen LogP contribution in [0.2, 0.25) is 0 Å². The van der Waals surface area contributed by atoms with Crippen LogP contribution in [0, 0.1) is 0 Å². The second-order valence-electron chi connectivity index (χ2n) is 9.84. The van der Waals surface area contributed by atoms with E-state index in [2.05, 4.69) is 70.2 Å². The van der Waals surface area contributed by atoms with Gasteiger partial charge in [0.2, 0.25) is 0 Å². The first-order valence-corrected chi connectivity index (χ1v) is 11.7. The normalized spacial score (nSPS) is 13.9. The van der Waals surface area contributed by atoms with E-state index < -0.39 is 0 Å². The molecule has 4 nitrogen and oxygen atoms in total. The van der Waals surface area contributed by atoms with E-state index in [9.17, 15) is 5.11 Å². The van der Waals surface area contributed by atoms with Crippen LogP contribution in [0.3, 0.4) is 0 Å². The fourth-order valence-corrected chi connectivity index (χ4v) is 4.24. The fraction of sp³-hybridized carbons (Fsp3) is 0.267. The van der Waals surface area contributed by atoms with Gasteiger partial charge in [-0.15, -0.1) is 0 Å². The molecule has 3 aromatic carbocycles. The highest BCUT2D eigenvalue weighted by molar-refractivity contribution is 5.63. The minimum Gasteiger partial charge on any atom is -0.505 e. The molecule has 0 heterocycles. The number of allylic oxidation sites excluding steroid dienone is 2. The number of hydrogen-bond donors (Lipinski definition) is 4. The van der Waals surface area contributed by atoms with Crippen molar-refractivity contribution >= 4 is 5.69 Å². The molecule has 0 spiro atoms. The summed E-state index contributed by atoms with van der Waals surface area (Å²) in [5.74, 6) is 0.173. The SMILES string of the molecule is CC(C)(c1ccccc1)c1cc(N)c(O)c(C(C)(C)c2ccccc2)c1.NC1=CCCC=C1N. The molecule has 0 aliphatic heterocycles. The number of anilines is 1. The zero-order valence-electron chi connectivity index (χ0n) is 20.7. The van der Waals surface area contributed by atoms with E-state index in [1.807, 2.05) is 42.5 Å². The third kappa shape index (κ3) is 5.28. The van der Waals surface area contributed by atoms with Crippen molar-refractivity contribution in [2.24, 2.45) is 11.5 Å². The molecule has 0 saturated heterocycles. The molecule has 0 fully saturated rings. The zero-order valence-corrected chi connectivity index (χ0v) is 20.7. The molecular formula is C30H37N3O. The molecule has 0 radical (unpaired) electrons. The van der Waals surface area contributed by atoms with Crippen LogP contribution in [0.1, 0.15) is 62.8 Å². The summed E-state index contributed by atoms with van der Waals surface area (Å²) in [5.41, 5.74) is 22.7. The number of benzene rings is 3. The Morgan fingerprint density at radius 3 is 1.50 bits per heavy atom. The van der Waals surface area contributed by atoms with Crippen LogP contribution >= 0.6 is 0 Å². The molecule has 4 rings (SSSR count). The van der Waals surface area contributed by atoms with E-state index in [-0.39, 0.29) is 16.6 Å². The van der Waals surface area contributed by atoms with Crippen molar-refractivity contribution in [3.05, 3.63) is 119 Å². The van der Waals surface area contributed by atoms with E-state index in [1.54, 1.807) is 0 Å². The first-order chi connectivity index (χ1) is 16.0. The predicted octanol–water partition coefficient (Wildman–Crippen LogP) is 6.09. The molecule has 0 bridgehead atoms. The summed E-state index contributed by atoms with van der Waals surface area (Å²) in [6.07, 6.45) is 5.98. The lowest BCUT2D eigenvalue weighted by atomic mass is 9.72. The summed E-state index contributed by atoms with van der Waals surface area (Å²) < 4.78 is 0. The van der Waals surface area contributed by atoms with Crippen molar-refractivity contribution in [3.63, 3.8) is 0 Å². The van der Waals surface area contributed by atoms with Crippen molar-refractivity contribution in [3.8, 4) is 5.75 Å². The third-order valence-electron chi connectivity index (χ3n) is 6.75. The number of phenols is 1. The Bertz CT molecular complexity index is 1160. The smallest absolute Gasteiger partial charge is 0.142 e.